The van der Waals surface area contributed by atoms with Crippen LogP contribution in [0.2, 0.25) is 0 Å². The normalized spacial score (nSPS) is 12.6. The standard InChI is InChI=1S/C12H18F3N3/c1-4-11(2,3)7-17-10-6-8(12(13,14)15)5-9(16)18-10/h5-6H,4,7H2,1-3H3,(H3,16,17,18). The molecule has 0 spiro atoms. The lowest BCUT2D eigenvalue weighted by atomic mass is 9.90. The average Bonchev–Trinajstić information content (AvgIpc) is 2.25. The van der Waals surface area contributed by atoms with Crippen LogP contribution in [0.1, 0.15) is 32.8 Å². The van der Waals surface area contributed by atoms with Gasteiger partial charge in [0.05, 0.1) is 5.56 Å². The zero-order valence-electron chi connectivity index (χ0n) is 10.7. The number of pyridine rings is 1. The van der Waals surface area contributed by atoms with Crippen molar-refractivity contribution < 1.29 is 13.2 Å². The number of nitrogens with two attached hydrogens (primary N) is 1. The first kappa shape index (κ1) is 14.6. The second-order valence-corrected chi connectivity index (χ2v) is 5.04. The van der Waals surface area contributed by atoms with E-state index in [1.807, 2.05) is 20.8 Å². The highest BCUT2D eigenvalue weighted by molar-refractivity contribution is 5.47. The molecule has 0 aliphatic carbocycles. The molecule has 0 saturated heterocycles. The van der Waals surface area contributed by atoms with Gasteiger partial charge in [-0.05, 0) is 24.0 Å². The van der Waals surface area contributed by atoms with Crippen LogP contribution in [0.15, 0.2) is 12.1 Å². The van der Waals surface area contributed by atoms with E-state index in [-0.39, 0.29) is 17.1 Å². The molecule has 0 radical (unpaired) electrons. The predicted molar refractivity (Wildman–Crippen MR) is 66.2 cm³/mol. The topological polar surface area (TPSA) is 50.9 Å². The number of alkyl halides is 3. The molecule has 3 nitrogen and oxygen atoms in total. The summed E-state index contributed by atoms with van der Waals surface area (Å²) in [5.74, 6) is 0.0190. The lowest BCUT2D eigenvalue weighted by Gasteiger charge is -2.23. The Morgan fingerprint density at radius 2 is 1.89 bits per heavy atom. The van der Waals surface area contributed by atoms with Crippen molar-refractivity contribution in [3.8, 4) is 0 Å². The van der Waals surface area contributed by atoms with E-state index >= 15 is 0 Å². The highest BCUT2D eigenvalue weighted by atomic mass is 19.4. The summed E-state index contributed by atoms with van der Waals surface area (Å²) in [5.41, 5.74) is 4.58. The van der Waals surface area contributed by atoms with Crippen molar-refractivity contribution in [1.29, 1.82) is 0 Å². The van der Waals surface area contributed by atoms with Crippen molar-refractivity contribution in [3.05, 3.63) is 17.7 Å². The van der Waals surface area contributed by atoms with Crippen molar-refractivity contribution in [2.75, 3.05) is 17.6 Å². The summed E-state index contributed by atoms with van der Waals surface area (Å²) in [6.45, 7) is 6.61. The van der Waals surface area contributed by atoms with Crippen LogP contribution in [0, 0.1) is 5.41 Å². The van der Waals surface area contributed by atoms with Crippen molar-refractivity contribution in [3.63, 3.8) is 0 Å². The number of aromatic nitrogens is 1. The molecule has 0 unspecified atom stereocenters. The van der Waals surface area contributed by atoms with Gasteiger partial charge in [-0.3, -0.25) is 0 Å². The number of hydrogen-bond acceptors (Lipinski definition) is 3. The minimum absolute atomic E-state index is 0.00925. The first-order valence-electron chi connectivity index (χ1n) is 5.73. The van der Waals surface area contributed by atoms with Crippen molar-refractivity contribution in [1.82, 2.24) is 4.98 Å². The van der Waals surface area contributed by atoms with Crippen LogP contribution < -0.4 is 11.1 Å². The average molecular weight is 261 g/mol. The highest BCUT2D eigenvalue weighted by Crippen LogP contribution is 2.31. The number of nitrogen functional groups attached to an aromatic ring is 1. The Morgan fingerprint density at radius 3 is 2.39 bits per heavy atom. The minimum Gasteiger partial charge on any atom is -0.384 e. The molecule has 1 rings (SSSR count). The second kappa shape index (κ2) is 5.04. The number of nitrogens with zero attached hydrogens (tertiary/aromatic N) is 1. The summed E-state index contributed by atoms with van der Waals surface area (Å²) >= 11 is 0. The molecule has 0 aliphatic heterocycles. The Hall–Kier alpha value is -1.46. The number of hydrogen-bond donors (Lipinski definition) is 2. The molecule has 0 bridgehead atoms. The maximum atomic E-state index is 12.6. The second-order valence-electron chi connectivity index (χ2n) is 5.04. The minimum atomic E-state index is -4.41. The molecule has 1 heterocycles. The van der Waals surface area contributed by atoms with E-state index in [9.17, 15) is 13.2 Å². The molecular weight excluding hydrogens is 243 g/mol. The van der Waals surface area contributed by atoms with Crippen LogP contribution in [0.25, 0.3) is 0 Å². The summed E-state index contributed by atoms with van der Waals surface area (Å²) in [5, 5.41) is 2.90. The first-order valence-corrected chi connectivity index (χ1v) is 5.73. The summed E-state index contributed by atoms with van der Waals surface area (Å²) in [7, 11) is 0. The largest absolute Gasteiger partial charge is 0.416 e. The monoisotopic (exact) mass is 261 g/mol. The SMILES string of the molecule is CCC(C)(C)CNc1cc(C(F)(F)F)cc(N)n1. The Balaban J connectivity index is 2.88. The summed E-state index contributed by atoms with van der Waals surface area (Å²) in [6, 6.07) is 1.80. The van der Waals surface area contributed by atoms with Crippen LogP contribution in [0.3, 0.4) is 0 Å². The Kier molecular flexibility index (Phi) is 4.09. The molecule has 1 aromatic heterocycles. The third-order valence-electron chi connectivity index (χ3n) is 2.88. The zero-order valence-corrected chi connectivity index (χ0v) is 10.7. The molecule has 102 valence electrons. The van der Waals surface area contributed by atoms with Gasteiger partial charge in [0.25, 0.3) is 0 Å². The highest BCUT2D eigenvalue weighted by Gasteiger charge is 2.31. The molecule has 0 aliphatic rings. The fourth-order valence-corrected chi connectivity index (χ4v) is 1.26. The van der Waals surface area contributed by atoms with Crippen LogP contribution >= 0.6 is 0 Å². The first-order chi connectivity index (χ1) is 8.14. The van der Waals surface area contributed by atoms with Crippen LogP contribution in [-0.2, 0) is 6.18 Å². The van der Waals surface area contributed by atoms with Crippen molar-refractivity contribution in [2.45, 2.75) is 33.4 Å². The van der Waals surface area contributed by atoms with E-state index in [1.165, 1.54) is 0 Å². The van der Waals surface area contributed by atoms with E-state index in [0.29, 0.717) is 6.54 Å². The molecule has 0 atom stereocenters. The molecule has 1 aromatic rings. The number of nitrogens with one attached hydrogen (secondary N) is 1. The smallest absolute Gasteiger partial charge is 0.384 e. The van der Waals surface area contributed by atoms with Gasteiger partial charge in [0, 0.05) is 6.54 Å². The lowest BCUT2D eigenvalue weighted by molar-refractivity contribution is -0.137. The van der Waals surface area contributed by atoms with Crippen molar-refractivity contribution in [2.24, 2.45) is 5.41 Å². The third kappa shape index (κ3) is 4.09. The molecule has 18 heavy (non-hydrogen) atoms. The molecule has 0 fully saturated rings. The molecule has 3 N–H and O–H groups in total. The van der Waals surface area contributed by atoms with Crippen molar-refractivity contribution >= 4 is 11.6 Å². The van der Waals surface area contributed by atoms with E-state index in [0.717, 1.165) is 18.6 Å². The van der Waals surface area contributed by atoms with Gasteiger partial charge in [-0.2, -0.15) is 13.2 Å². The fraction of sp³-hybridized carbons (Fsp3) is 0.583. The quantitative estimate of drug-likeness (QED) is 0.871. The van der Waals surface area contributed by atoms with Crippen LogP contribution in [0.4, 0.5) is 24.8 Å². The van der Waals surface area contributed by atoms with Gasteiger partial charge in [-0.1, -0.05) is 20.8 Å². The lowest BCUT2D eigenvalue weighted by Crippen LogP contribution is -2.23. The van der Waals surface area contributed by atoms with Gasteiger partial charge in [0.2, 0.25) is 0 Å². The molecule has 0 aromatic carbocycles. The van der Waals surface area contributed by atoms with E-state index in [1.54, 1.807) is 0 Å². The molecule has 0 saturated carbocycles. The summed E-state index contributed by atoms with van der Waals surface area (Å²) in [6.07, 6.45) is -3.50. The van der Waals surface area contributed by atoms with Gasteiger partial charge in [-0.25, -0.2) is 4.98 Å². The van der Waals surface area contributed by atoms with Crippen LogP contribution in [0.5, 0.6) is 0 Å². The zero-order chi connectivity index (χ0) is 14.0. The van der Waals surface area contributed by atoms with Gasteiger partial charge >= 0.3 is 6.18 Å². The van der Waals surface area contributed by atoms with Gasteiger partial charge in [0.15, 0.2) is 0 Å². The maximum absolute atomic E-state index is 12.6. The number of anilines is 2. The summed E-state index contributed by atoms with van der Waals surface area (Å²) in [4.78, 5) is 3.85. The van der Waals surface area contributed by atoms with Gasteiger partial charge < -0.3 is 11.1 Å². The predicted octanol–water partition coefficient (Wildman–Crippen LogP) is 3.53. The molecule has 0 amide bonds. The molecular formula is C12H18F3N3. The van der Waals surface area contributed by atoms with E-state index in [4.69, 9.17) is 5.73 Å². The van der Waals surface area contributed by atoms with E-state index in [2.05, 4.69) is 10.3 Å². The number of rotatable bonds is 4. The Bertz CT molecular complexity index is 414. The third-order valence-corrected chi connectivity index (χ3v) is 2.88. The maximum Gasteiger partial charge on any atom is 0.416 e. The fourth-order valence-electron chi connectivity index (χ4n) is 1.26. The van der Waals surface area contributed by atoms with E-state index < -0.39 is 11.7 Å². The molecule has 6 heteroatoms. The van der Waals surface area contributed by atoms with Gasteiger partial charge in [0.1, 0.15) is 11.6 Å². The summed E-state index contributed by atoms with van der Waals surface area (Å²) < 4.78 is 37.7. The van der Waals surface area contributed by atoms with Gasteiger partial charge in [-0.15, -0.1) is 0 Å². The van der Waals surface area contributed by atoms with Crippen LogP contribution in [-0.4, -0.2) is 11.5 Å². The Morgan fingerprint density at radius 1 is 1.28 bits per heavy atom. The number of halogens is 3. The Labute approximate surface area is 105 Å².